The Morgan fingerprint density at radius 2 is 2.08 bits per heavy atom. The number of carbonyl (C=O) groups is 1. The Morgan fingerprint density at radius 3 is 2.83 bits per heavy atom. The maximum atomic E-state index is 12.2. The van der Waals surface area contributed by atoms with Gasteiger partial charge in [-0.3, -0.25) is 4.79 Å². The van der Waals surface area contributed by atoms with E-state index in [2.05, 4.69) is 33.6 Å². The molecule has 0 aliphatic heterocycles. The molecule has 0 saturated carbocycles. The summed E-state index contributed by atoms with van der Waals surface area (Å²) in [5, 5.41) is 6.26. The molecule has 1 heterocycles. The molecular weight excluding hydrogens is 300 g/mol. The van der Waals surface area contributed by atoms with Crippen molar-refractivity contribution in [1.82, 2.24) is 15.3 Å². The van der Waals surface area contributed by atoms with E-state index in [9.17, 15) is 4.79 Å². The minimum Gasteiger partial charge on any atom is -0.370 e. The predicted octanol–water partition coefficient (Wildman–Crippen LogP) is 4.01. The highest BCUT2D eigenvalue weighted by atomic mass is 16.1. The van der Waals surface area contributed by atoms with E-state index in [-0.39, 0.29) is 5.91 Å². The largest absolute Gasteiger partial charge is 0.370 e. The summed E-state index contributed by atoms with van der Waals surface area (Å²) in [7, 11) is 0. The van der Waals surface area contributed by atoms with Crippen LogP contribution >= 0.6 is 0 Å². The van der Waals surface area contributed by atoms with Crippen molar-refractivity contribution in [3.8, 4) is 0 Å². The molecular formula is C19H30N4O. The number of carbonyl (C=O) groups excluding carboxylic acids is 1. The van der Waals surface area contributed by atoms with Crippen LogP contribution in [-0.4, -0.2) is 29.0 Å². The molecule has 0 atom stereocenters. The SMILES string of the molecule is CCCCCNC(=O)c1cc(NCCC2=CCCCC2)nc(C)n1. The molecule has 132 valence electrons. The third kappa shape index (κ3) is 6.30. The average Bonchev–Trinajstić information content (AvgIpc) is 2.59. The Bertz CT molecular complexity index is 568. The summed E-state index contributed by atoms with van der Waals surface area (Å²) in [6, 6.07) is 1.75. The lowest BCUT2D eigenvalue weighted by Gasteiger charge is -2.13. The molecule has 5 heteroatoms. The van der Waals surface area contributed by atoms with Crippen molar-refractivity contribution in [3.63, 3.8) is 0 Å². The molecule has 0 fully saturated rings. The number of hydrogen-bond acceptors (Lipinski definition) is 4. The third-order valence-electron chi connectivity index (χ3n) is 4.27. The van der Waals surface area contributed by atoms with Gasteiger partial charge in [0, 0.05) is 19.2 Å². The Labute approximate surface area is 145 Å². The van der Waals surface area contributed by atoms with Crippen molar-refractivity contribution >= 4 is 11.7 Å². The van der Waals surface area contributed by atoms with Crippen molar-refractivity contribution in [1.29, 1.82) is 0 Å². The van der Waals surface area contributed by atoms with Gasteiger partial charge in [-0.2, -0.15) is 0 Å². The Kier molecular flexibility index (Phi) is 7.72. The first-order valence-electron chi connectivity index (χ1n) is 9.24. The number of unbranched alkanes of at least 4 members (excludes halogenated alkanes) is 2. The Hall–Kier alpha value is -1.91. The minimum atomic E-state index is -0.116. The molecule has 0 unspecified atom stereocenters. The number of aryl methyl sites for hydroxylation is 1. The lowest BCUT2D eigenvalue weighted by atomic mass is 9.97. The molecule has 0 bridgehead atoms. The molecule has 0 spiro atoms. The van der Waals surface area contributed by atoms with Gasteiger partial charge < -0.3 is 10.6 Å². The van der Waals surface area contributed by atoms with Crippen molar-refractivity contribution in [2.45, 2.75) is 65.2 Å². The molecule has 0 radical (unpaired) electrons. The zero-order valence-corrected chi connectivity index (χ0v) is 15.0. The second kappa shape index (κ2) is 10.1. The summed E-state index contributed by atoms with van der Waals surface area (Å²) in [5.41, 5.74) is 1.98. The third-order valence-corrected chi connectivity index (χ3v) is 4.27. The second-order valence-corrected chi connectivity index (χ2v) is 6.43. The van der Waals surface area contributed by atoms with Crippen LogP contribution in [0.4, 0.5) is 5.82 Å². The van der Waals surface area contributed by atoms with Crippen LogP contribution in [0.25, 0.3) is 0 Å². The number of nitrogens with one attached hydrogen (secondary N) is 2. The van der Waals surface area contributed by atoms with E-state index in [4.69, 9.17) is 0 Å². The van der Waals surface area contributed by atoms with Gasteiger partial charge in [0.15, 0.2) is 0 Å². The molecule has 1 amide bonds. The van der Waals surface area contributed by atoms with Crippen LogP contribution in [0.5, 0.6) is 0 Å². The second-order valence-electron chi connectivity index (χ2n) is 6.43. The van der Waals surface area contributed by atoms with Gasteiger partial charge in [-0.15, -0.1) is 0 Å². The van der Waals surface area contributed by atoms with E-state index >= 15 is 0 Å². The van der Waals surface area contributed by atoms with E-state index in [0.717, 1.165) is 38.0 Å². The van der Waals surface area contributed by atoms with Crippen molar-refractivity contribution in [3.05, 3.63) is 29.2 Å². The standard InChI is InChI=1S/C19H30N4O/c1-3-4-8-12-21-19(24)17-14-18(23-15(2)22-17)20-13-11-16-9-6-5-7-10-16/h9,14H,3-8,10-13H2,1-2H3,(H,21,24)(H,20,22,23). The summed E-state index contributed by atoms with van der Waals surface area (Å²) in [6.07, 6.45) is 11.7. The number of aromatic nitrogens is 2. The highest BCUT2D eigenvalue weighted by Crippen LogP contribution is 2.20. The first-order chi connectivity index (χ1) is 11.7. The quantitative estimate of drug-likeness (QED) is 0.530. The van der Waals surface area contributed by atoms with Gasteiger partial charge in [0.2, 0.25) is 0 Å². The highest BCUT2D eigenvalue weighted by molar-refractivity contribution is 5.92. The fraction of sp³-hybridized carbons (Fsp3) is 0.632. The van der Waals surface area contributed by atoms with Crippen molar-refractivity contribution in [2.75, 3.05) is 18.4 Å². The number of allylic oxidation sites excluding steroid dienone is 1. The number of amides is 1. The fourth-order valence-electron chi connectivity index (χ4n) is 2.92. The Morgan fingerprint density at radius 1 is 1.21 bits per heavy atom. The molecule has 0 aromatic carbocycles. The van der Waals surface area contributed by atoms with Gasteiger partial charge in [0.05, 0.1) is 0 Å². The van der Waals surface area contributed by atoms with Gasteiger partial charge in [0.1, 0.15) is 17.3 Å². The number of rotatable bonds is 9. The maximum absolute atomic E-state index is 12.2. The Balaban J connectivity index is 1.85. The molecule has 1 aromatic rings. The van der Waals surface area contributed by atoms with E-state index in [1.54, 1.807) is 6.07 Å². The van der Waals surface area contributed by atoms with Crippen LogP contribution < -0.4 is 10.6 Å². The average molecular weight is 330 g/mol. The normalized spacial score (nSPS) is 14.2. The zero-order valence-electron chi connectivity index (χ0n) is 15.0. The molecule has 24 heavy (non-hydrogen) atoms. The van der Waals surface area contributed by atoms with Crippen molar-refractivity contribution < 1.29 is 4.79 Å². The van der Waals surface area contributed by atoms with Crippen LogP contribution in [-0.2, 0) is 0 Å². The molecule has 1 aliphatic carbocycles. The molecule has 1 aromatic heterocycles. The van der Waals surface area contributed by atoms with Gasteiger partial charge in [0.25, 0.3) is 5.91 Å². The van der Waals surface area contributed by atoms with Crippen LogP contribution in [0.2, 0.25) is 0 Å². The number of anilines is 1. The van der Waals surface area contributed by atoms with Gasteiger partial charge in [-0.25, -0.2) is 9.97 Å². The van der Waals surface area contributed by atoms with Crippen LogP contribution in [0.1, 0.15) is 74.6 Å². The summed E-state index contributed by atoms with van der Waals surface area (Å²) in [5.74, 6) is 1.24. The smallest absolute Gasteiger partial charge is 0.270 e. The van der Waals surface area contributed by atoms with E-state index in [0.29, 0.717) is 18.1 Å². The lowest BCUT2D eigenvalue weighted by Crippen LogP contribution is -2.26. The number of nitrogens with zero attached hydrogens (tertiary/aromatic N) is 2. The summed E-state index contributed by atoms with van der Waals surface area (Å²) >= 11 is 0. The molecule has 2 N–H and O–H groups in total. The lowest BCUT2D eigenvalue weighted by molar-refractivity contribution is 0.0947. The minimum absolute atomic E-state index is 0.116. The topological polar surface area (TPSA) is 66.9 Å². The first kappa shape index (κ1) is 18.4. The monoisotopic (exact) mass is 330 g/mol. The van der Waals surface area contributed by atoms with E-state index < -0.39 is 0 Å². The molecule has 0 saturated heterocycles. The molecule has 1 aliphatic rings. The van der Waals surface area contributed by atoms with Crippen molar-refractivity contribution in [2.24, 2.45) is 0 Å². The zero-order chi connectivity index (χ0) is 17.2. The summed E-state index contributed by atoms with van der Waals surface area (Å²) < 4.78 is 0. The summed E-state index contributed by atoms with van der Waals surface area (Å²) in [6.45, 7) is 5.52. The van der Waals surface area contributed by atoms with E-state index in [1.165, 1.54) is 31.3 Å². The highest BCUT2D eigenvalue weighted by Gasteiger charge is 2.10. The molecule has 2 rings (SSSR count). The van der Waals surface area contributed by atoms with Crippen LogP contribution in [0.15, 0.2) is 17.7 Å². The summed E-state index contributed by atoms with van der Waals surface area (Å²) in [4.78, 5) is 20.8. The fourth-order valence-corrected chi connectivity index (χ4v) is 2.92. The predicted molar refractivity (Wildman–Crippen MR) is 98.3 cm³/mol. The van der Waals surface area contributed by atoms with Crippen LogP contribution in [0, 0.1) is 6.92 Å². The maximum Gasteiger partial charge on any atom is 0.270 e. The van der Waals surface area contributed by atoms with Crippen LogP contribution in [0.3, 0.4) is 0 Å². The first-order valence-corrected chi connectivity index (χ1v) is 9.24. The van der Waals surface area contributed by atoms with Gasteiger partial charge >= 0.3 is 0 Å². The van der Waals surface area contributed by atoms with E-state index in [1.807, 2.05) is 6.92 Å². The molecule has 5 nitrogen and oxygen atoms in total. The van der Waals surface area contributed by atoms with Gasteiger partial charge in [-0.1, -0.05) is 31.4 Å². The number of hydrogen-bond donors (Lipinski definition) is 2. The van der Waals surface area contributed by atoms with Gasteiger partial charge in [-0.05, 0) is 45.4 Å².